The van der Waals surface area contributed by atoms with Crippen LogP contribution in [-0.4, -0.2) is 39.9 Å². The van der Waals surface area contributed by atoms with Gasteiger partial charge in [0.15, 0.2) is 6.61 Å². The van der Waals surface area contributed by atoms with Crippen LogP contribution in [0.4, 0.5) is 13.2 Å². The lowest BCUT2D eigenvalue weighted by molar-refractivity contribution is -0.0429. The Morgan fingerprint density at radius 3 is 2.92 bits per heavy atom. The van der Waals surface area contributed by atoms with Gasteiger partial charge in [-0.15, -0.1) is 0 Å². The lowest BCUT2D eigenvalue weighted by Crippen LogP contribution is -2.24. The maximum atomic E-state index is 13.5. The van der Waals surface area contributed by atoms with Gasteiger partial charge in [0.25, 0.3) is 5.92 Å². The fraction of sp³-hybridized carbons (Fsp3) is 0.400. The van der Waals surface area contributed by atoms with Crippen LogP contribution < -0.4 is 4.74 Å². The van der Waals surface area contributed by atoms with Crippen molar-refractivity contribution in [3.05, 3.63) is 29.8 Å². The van der Waals surface area contributed by atoms with E-state index in [0.29, 0.717) is 5.56 Å². The van der Waals surface area contributed by atoms with Crippen LogP contribution in [0.25, 0.3) is 11.3 Å². The summed E-state index contributed by atoms with van der Waals surface area (Å²) in [6, 6.07) is 2.51. The van der Waals surface area contributed by atoms with E-state index in [-0.39, 0.29) is 30.3 Å². The third-order valence-electron chi connectivity index (χ3n) is 3.50. The smallest absolute Gasteiger partial charge is 0.345 e. The molecular formula is C15H14F3N3O3. The minimum Gasteiger partial charge on any atom is -0.471 e. The number of ether oxygens (including phenoxy) is 2. The molecule has 0 saturated heterocycles. The maximum Gasteiger partial charge on any atom is 0.345 e. The Labute approximate surface area is 135 Å². The summed E-state index contributed by atoms with van der Waals surface area (Å²) in [6.07, 6.45) is 0.736. The van der Waals surface area contributed by atoms with E-state index in [4.69, 9.17) is 9.47 Å². The Morgan fingerprint density at radius 2 is 2.25 bits per heavy atom. The van der Waals surface area contributed by atoms with Gasteiger partial charge in [0.2, 0.25) is 11.8 Å². The largest absolute Gasteiger partial charge is 0.471 e. The van der Waals surface area contributed by atoms with Gasteiger partial charge in [-0.1, -0.05) is 0 Å². The monoisotopic (exact) mass is 341 g/mol. The third kappa shape index (κ3) is 3.06. The van der Waals surface area contributed by atoms with E-state index < -0.39 is 30.9 Å². The molecule has 0 saturated carbocycles. The van der Waals surface area contributed by atoms with Crippen molar-refractivity contribution in [2.45, 2.75) is 25.8 Å². The molecule has 0 spiro atoms. The summed E-state index contributed by atoms with van der Waals surface area (Å²) in [7, 11) is 0. The predicted molar refractivity (Wildman–Crippen MR) is 76.4 cm³/mol. The summed E-state index contributed by atoms with van der Waals surface area (Å²) in [6.45, 7) is 0.741. The van der Waals surface area contributed by atoms with Crippen molar-refractivity contribution in [1.29, 1.82) is 0 Å². The Morgan fingerprint density at radius 1 is 1.46 bits per heavy atom. The van der Waals surface area contributed by atoms with Crippen molar-refractivity contribution in [1.82, 2.24) is 14.8 Å². The molecule has 0 N–H and O–H groups in total. The van der Waals surface area contributed by atoms with Gasteiger partial charge in [-0.3, -0.25) is 0 Å². The normalized spacial score (nSPS) is 16.0. The van der Waals surface area contributed by atoms with E-state index in [1.54, 1.807) is 6.92 Å². The highest BCUT2D eigenvalue weighted by molar-refractivity contribution is 5.98. The maximum absolute atomic E-state index is 13.5. The minimum absolute atomic E-state index is 0.0667. The molecule has 1 aliphatic heterocycles. The van der Waals surface area contributed by atoms with Crippen LogP contribution in [0.2, 0.25) is 0 Å². The molecule has 2 aromatic rings. The quantitative estimate of drug-likeness (QED) is 0.634. The van der Waals surface area contributed by atoms with Crippen LogP contribution in [-0.2, 0) is 11.3 Å². The van der Waals surface area contributed by atoms with Crippen LogP contribution >= 0.6 is 0 Å². The highest BCUT2D eigenvalue weighted by atomic mass is 19.3. The molecule has 3 heterocycles. The molecule has 0 atom stereocenters. The fourth-order valence-corrected chi connectivity index (χ4v) is 2.37. The van der Waals surface area contributed by atoms with Crippen LogP contribution in [0.5, 0.6) is 5.88 Å². The number of aromatic nitrogens is 3. The average molecular weight is 341 g/mol. The van der Waals surface area contributed by atoms with Gasteiger partial charge in [0.1, 0.15) is 11.3 Å². The second-order valence-corrected chi connectivity index (χ2v) is 5.24. The first-order chi connectivity index (χ1) is 11.4. The number of carbonyl (C=O) groups is 1. The number of aryl methyl sites for hydroxylation is 1. The van der Waals surface area contributed by atoms with Gasteiger partial charge in [0, 0.05) is 18.2 Å². The Bertz CT molecular complexity index is 759. The number of esters is 1. The zero-order chi connectivity index (χ0) is 17.3. The van der Waals surface area contributed by atoms with Gasteiger partial charge in [0.05, 0.1) is 13.2 Å². The fourth-order valence-electron chi connectivity index (χ4n) is 2.37. The summed E-state index contributed by atoms with van der Waals surface area (Å²) in [5, 5.41) is 4.17. The Hall–Kier alpha value is -2.58. The summed E-state index contributed by atoms with van der Waals surface area (Å²) in [4.78, 5) is 15.8. The number of nitrogens with zero attached hydrogens (tertiary/aromatic N) is 3. The van der Waals surface area contributed by atoms with Crippen molar-refractivity contribution in [2.24, 2.45) is 0 Å². The standard InChI is InChI=1S/C15H14F3N3O3/c1-2-23-14(22)11-12(9-3-4-10(16)19-7-9)20-21-6-5-15(17,18)8-24-13(11)21/h3-4,7H,2,5-6,8H2,1H3. The molecule has 3 rings (SSSR count). The van der Waals surface area contributed by atoms with E-state index >= 15 is 0 Å². The molecule has 0 aliphatic carbocycles. The SMILES string of the molecule is CCOC(=O)c1c(-c2ccc(F)nc2)nn2c1OCC(F)(F)CC2. The van der Waals surface area contributed by atoms with Gasteiger partial charge in [-0.25, -0.2) is 23.2 Å². The number of pyridine rings is 1. The minimum atomic E-state index is -3.01. The number of hydrogen-bond acceptors (Lipinski definition) is 5. The topological polar surface area (TPSA) is 66.2 Å². The number of hydrogen-bond donors (Lipinski definition) is 0. The zero-order valence-corrected chi connectivity index (χ0v) is 12.8. The highest BCUT2D eigenvalue weighted by Crippen LogP contribution is 2.35. The first-order valence-corrected chi connectivity index (χ1v) is 7.32. The average Bonchev–Trinajstić information content (AvgIpc) is 2.84. The zero-order valence-electron chi connectivity index (χ0n) is 12.8. The summed E-state index contributed by atoms with van der Waals surface area (Å²) in [5.74, 6) is -4.52. The van der Waals surface area contributed by atoms with Crippen LogP contribution in [0.3, 0.4) is 0 Å². The molecule has 6 nitrogen and oxygen atoms in total. The van der Waals surface area contributed by atoms with Gasteiger partial charge in [-0.05, 0) is 19.1 Å². The van der Waals surface area contributed by atoms with Crippen LogP contribution in [0.15, 0.2) is 18.3 Å². The lowest BCUT2D eigenvalue weighted by Gasteiger charge is -2.12. The molecule has 0 unspecified atom stereocenters. The van der Waals surface area contributed by atoms with Gasteiger partial charge in [-0.2, -0.15) is 9.49 Å². The number of rotatable bonds is 3. The first kappa shape index (κ1) is 16.3. The molecule has 1 aliphatic rings. The van der Waals surface area contributed by atoms with Crippen LogP contribution in [0, 0.1) is 5.95 Å². The van der Waals surface area contributed by atoms with E-state index in [2.05, 4.69) is 10.1 Å². The molecule has 0 fully saturated rings. The summed E-state index contributed by atoms with van der Waals surface area (Å²) >= 11 is 0. The molecule has 128 valence electrons. The Balaban J connectivity index is 2.10. The first-order valence-electron chi connectivity index (χ1n) is 7.32. The summed E-state index contributed by atoms with van der Waals surface area (Å²) < 4.78 is 51.4. The molecule has 0 radical (unpaired) electrons. The van der Waals surface area contributed by atoms with Crippen molar-refractivity contribution in [2.75, 3.05) is 13.2 Å². The summed E-state index contributed by atoms with van der Waals surface area (Å²) in [5.41, 5.74) is 0.444. The molecular weight excluding hydrogens is 327 g/mol. The van der Waals surface area contributed by atoms with E-state index in [1.165, 1.54) is 16.9 Å². The number of fused-ring (bicyclic) bond motifs is 1. The highest BCUT2D eigenvalue weighted by Gasteiger charge is 2.37. The van der Waals surface area contributed by atoms with Gasteiger partial charge >= 0.3 is 5.97 Å². The Kier molecular flexibility index (Phi) is 4.16. The second-order valence-electron chi connectivity index (χ2n) is 5.24. The molecule has 0 amide bonds. The number of alkyl halides is 2. The van der Waals surface area contributed by atoms with Crippen molar-refractivity contribution in [3.63, 3.8) is 0 Å². The van der Waals surface area contributed by atoms with Gasteiger partial charge < -0.3 is 9.47 Å². The van der Waals surface area contributed by atoms with E-state index in [9.17, 15) is 18.0 Å². The predicted octanol–water partition coefficient (Wildman–Crippen LogP) is 2.68. The third-order valence-corrected chi connectivity index (χ3v) is 3.50. The number of halogens is 3. The van der Waals surface area contributed by atoms with Crippen molar-refractivity contribution < 1.29 is 27.4 Å². The number of carbonyl (C=O) groups excluding carboxylic acids is 1. The molecule has 0 bridgehead atoms. The van der Waals surface area contributed by atoms with E-state index in [1.807, 2.05) is 0 Å². The molecule has 0 aromatic carbocycles. The molecule has 2 aromatic heterocycles. The molecule has 9 heteroatoms. The van der Waals surface area contributed by atoms with Crippen LogP contribution in [0.1, 0.15) is 23.7 Å². The lowest BCUT2D eigenvalue weighted by atomic mass is 10.1. The second kappa shape index (κ2) is 6.14. The van der Waals surface area contributed by atoms with Crippen molar-refractivity contribution >= 4 is 5.97 Å². The van der Waals surface area contributed by atoms with E-state index in [0.717, 1.165) is 6.07 Å². The molecule has 24 heavy (non-hydrogen) atoms. The van der Waals surface area contributed by atoms with Crippen molar-refractivity contribution in [3.8, 4) is 17.1 Å².